The van der Waals surface area contributed by atoms with Crippen molar-refractivity contribution < 1.29 is 0 Å². The highest BCUT2D eigenvalue weighted by Gasteiger charge is 2.02. The van der Waals surface area contributed by atoms with Gasteiger partial charge in [-0.25, -0.2) is 0 Å². The van der Waals surface area contributed by atoms with Crippen LogP contribution in [0.1, 0.15) is 21.7 Å². The van der Waals surface area contributed by atoms with Gasteiger partial charge in [0.2, 0.25) is 0 Å². The Balaban J connectivity index is 2.24. The van der Waals surface area contributed by atoms with Gasteiger partial charge in [-0.15, -0.1) is 0 Å². The SMILES string of the molecule is Cc1nsc(C)c1/C=C/c1ccc(Cl)cc1. The lowest BCUT2D eigenvalue weighted by molar-refractivity contribution is 1.32. The largest absolute Gasteiger partial charge is 0.197 e. The van der Waals surface area contributed by atoms with Crippen LogP contribution in [-0.2, 0) is 0 Å². The van der Waals surface area contributed by atoms with Crippen LogP contribution >= 0.6 is 23.1 Å². The van der Waals surface area contributed by atoms with E-state index in [0.29, 0.717) is 0 Å². The molecule has 0 aliphatic rings. The maximum Gasteiger partial charge on any atom is 0.0586 e. The van der Waals surface area contributed by atoms with E-state index in [2.05, 4.69) is 23.4 Å². The Labute approximate surface area is 105 Å². The molecule has 16 heavy (non-hydrogen) atoms. The molecule has 2 aromatic rings. The van der Waals surface area contributed by atoms with Gasteiger partial charge in [0.15, 0.2) is 0 Å². The lowest BCUT2D eigenvalue weighted by atomic mass is 10.1. The Kier molecular flexibility index (Phi) is 3.42. The van der Waals surface area contributed by atoms with Crippen LogP contribution in [0.25, 0.3) is 12.2 Å². The Hall–Kier alpha value is -1.12. The van der Waals surface area contributed by atoms with Crippen LogP contribution in [0.5, 0.6) is 0 Å². The van der Waals surface area contributed by atoms with E-state index in [9.17, 15) is 0 Å². The third-order valence-corrected chi connectivity index (χ3v) is 3.51. The van der Waals surface area contributed by atoms with Crippen LogP contribution in [0.2, 0.25) is 5.02 Å². The molecule has 0 radical (unpaired) electrons. The first-order valence-corrected chi connectivity index (χ1v) is 6.18. The molecule has 1 heterocycles. The van der Waals surface area contributed by atoms with Crippen molar-refractivity contribution in [2.24, 2.45) is 0 Å². The zero-order valence-corrected chi connectivity index (χ0v) is 10.8. The van der Waals surface area contributed by atoms with Crippen molar-refractivity contribution in [2.75, 3.05) is 0 Å². The van der Waals surface area contributed by atoms with Crippen molar-refractivity contribution in [1.82, 2.24) is 4.37 Å². The average molecular weight is 250 g/mol. The molecule has 3 heteroatoms. The number of halogens is 1. The molecule has 0 bridgehead atoms. The van der Waals surface area contributed by atoms with E-state index in [1.165, 1.54) is 10.4 Å². The lowest BCUT2D eigenvalue weighted by Crippen LogP contribution is -1.77. The summed E-state index contributed by atoms with van der Waals surface area (Å²) in [6.45, 7) is 4.12. The quantitative estimate of drug-likeness (QED) is 0.759. The third-order valence-electron chi connectivity index (χ3n) is 2.40. The molecule has 1 nitrogen and oxygen atoms in total. The van der Waals surface area contributed by atoms with E-state index in [-0.39, 0.29) is 0 Å². The highest BCUT2D eigenvalue weighted by molar-refractivity contribution is 7.06. The molecule has 0 fully saturated rings. The minimum Gasteiger partial charge on any atom is -0.197 e. The summed E-state index contributed by atoms with van der Waals surface area (Å²) in [7, 11) is 0. The fraction of sp³-hybridized carbons (Fsp3) is 0.154. The summed E-state index contributed by atoms with van der Waals surface area (Å²) in [5.74, 6) is 0. The van der Waals surface area contributed by atoms with Gasteiger partial charge in [-0.3, -0.25) is 0 Å². The van der Waals surface area contributed by atoms with Crippen molar-refractivity contribution in [3.05, 3.63) is 51.0 Å². The predicted molar refractivity (Wildman–Crippen MR) is 72.0 cm³/mol. The molecule has 0 saturated carbocycles. The summed E-state index contributed by atoms with van der Waals surface area (Å²) in [5, 5.41) is 0.765. The van der Waals surface area contributed by atoms with E-state index >= 15 is 0 Å². The van der Waals surface area contributed by atoms with Crippen molar-refractivity contribution in [3.63, 3.8) is 0 Å². The van der Waals surface area contributed by atoms with Crippen molar-refractivity contribution in [3.8, 4) is 0 Å². The zero-order valence-electron chi connectivity index (χ0n) is 9.20. The van der Waals surface area contributed by atoms with E-state index in [0.717, 1.165) is 16.3 Å². The maximum atomic E-state index is 5.83. The molecule has 0 amide bonds. The highest BCUT2D eigenvalue weighted by atomic mass is 35.5. The van der Waals surface area contributed by atoms with Crippen molar-refractivity contribution in [1.29, 1.82) is 0 Å². The lowest BCUT2D eigenvalue weighted by Gasteiger charge is -1.95. The number of aromatic nitrogens is 1. The fourth-order valence-corrected chi connectivity index (χ4v) is 2.29. The van der Waals surface area contributed by atoms with Gasteiger partial charge >= 0.3 is 0 Å². The first-order valence-electron chi connectivity index (χ1n) is 5.03. The number of benzene rings is 1. The third kappa shape index (κ3) is 2.52. The summed E-state index contributed by atoms with van der Waals surface area (Å²) in [6, 6.07) is 7.80. The number of rotatable bonds is 2. The molecule has 0 spiro atoms. The number of nitrogens with zero attached hydrogens (tertiary/aromatic N) is 1. The number of aryl methyl sites for hydroxylation is 2. The molecule has 0 saturated heterocycles. The molecule has 0 aliphatic carbocycles. The van der Waals surface area contributed by atoms with Gasteiger partial charge in [0.25, 0.3) is 0 Å². The summed E-state index contributed by atoms with van der Waals surface area (Å²) in [5.41, 5.74) is 3.46. The average Bonchev–Trinajstić information content (AvgIpc) is 2.59. The summed E-state index contributed by atoms with van der Waals surface area (Å²) in [4.78, 5) is 1.25. The van der Waals surface area contributed by atoms with Crippen LogP contribution < -0.4 is 0 Å². The topological polar surface area (TPSA) is 12.9 Å². The van der Waals surface area contributed by atoms with Crippen LogP contribution in [-0.4, -0.2) is 4.37 Å². The fourth-order valence-electron chi connectivity index (χ4n) is 1.48. The van der Waals surface area contributed by atoms with Gasteiger partial charge in [-0.2, -0.15) is 4.37 Å². The van der Waals surface area contributed by atoms with Crippen LogP contribution in [0.4, 0.5) is 0 Å². The van der Waals surface area contributed by atoms with Crippen molar-refractivity contribution >= 4 is 35.3 Å². The highest BCUT2D eigenvalue weighted by Crippen LogP contribution is 2.20. The maximum absolute atomic E-state index is 5.83. The van der Waals surface area contributed by atoms with Crippen LogP contribution in [0.15, 0.2) is 24.3 Å². The molecule has 0 aliphatic heterocycles. The standard InChI is InChI=1S/C13H12ClNS/c1-9-13(10(2)16-15-9)8-5-11-3-6-12(14)7-4-11/h3-8H,1-2H3/b8-5+. The first-order chi connectivity index (χ1) is 7.66. The minimum absolute atomic E-state index is 0.765. The second kappa shape index (κ2) is 4.81. The molecule has 82 valence electrons. The van der Waals surface area contributed by atoms with Gasteiger partial charge in [0, 0.05) is 15.5 Å². The molecule has 0 unspecified atom stereocenters. The summed E-state index contributed by atoms with van der Waals surface area (Å²) in [6.07, 6.45) is 4.19. The molecule has 0 atom stereocenters. The molecule has 2 rings (SSSR count). The van der Waals surface area contributed by atoms with Gasteiger partial charge in [-0.1, -0.05) is 35.9 Å². The van der Waals surface area contributed by atoms with E-state index in [4.69, 9.17) is 11.6 Å². The number of hydrogen-bond donors (Lipinski definition) is 0. The van der Waals surface area contributed by atoms with Crippen LogP contribution in [0, 0.1) is 13.8 Å². The normalized spacial score (nSPS) is 11.2. The Morgan fingerprint density at radius 3 is 2.38 bits per heavy atom. The molecular weight excluding hydrogens is 238 g/mol. The summed E-state index contributed by atoms with van der Waals surface area (Å²) < 4.78 is 4.31. The minimum atomic E-state index is 0.765. The molecule has 0 N–H and O–H groups in total. The zero-order chi connectivity index (χ0) is 11.5. The molecular formula is C13H12ClNS. The van der Waals surface area contributed by atoms with Gasteiger partial charge in [0.1, 0.15) is 0 Å². The van der Waals surface area contributed by atoms with E-state index in [1.54, 1.807) is 11.5 Å². The Bertz CT molecular complexity index is 492. The van der Waals surface area contributed by atoms with Gasteiger partial charge in [-0.05, 0) is 43.1 Å². The Morgan fingerprint density at radius 1 is 1.12 bits per heavy atom. The Morgan fingerprint density at radius 2 is 1.81 bits per heavy atom. The van der Waals surface area contributed by atoms with Gasteiger partial charge in [0.05, 0.1) is 5.69 Å². The second-order valence-electron chi connectivity index (χ2n) is 3.62. The van der Waals surface area contributed by atoms with Crippen LogP contribution in [0.3, 0.4) is 0 Å². The molecule has 1 aromatic carbocycles. The number of hydrogen-bond acceptors (Lipinski definition) is 2. The predicted octanol–water partition coefficient (Wildman–Crippen LogP) is 4.58. The van der Waals surface area contributed by atoms with E-state index in [1.807, 2.05) is 31.2 Å². The summed E-state index contributed by atoms with van der Waals surface area (Å²) >= 11 is 7.38. The van der Waals surface area contributed by atoms with Gasteiger partial charge < -0.3 is 0 Å². The van der Waals surface area contributed by atoms with E-state index < -0.39 is 0 Å². The monoisotopic (exact) mass is 249 g/mol. The first kappa shape index (κ1) is 11.4. The molecule has 1 aromatic heterocycles. The second-order valence-corrected chi connectivity index (χ2v) is 5.04. The van der Waals surface area contributed by atoms with Crippen molar-refractivity contribution in [2.45, 2.75) is 13.8 Å². The smallest absolute Gasteiger partial charge is 0.0586 e.